The van der Waals surface area contributed by atoms with E-state index in [-0.39, 0.29) is 6.61 Å². The summed E-state index contributed by atoms with van der Waals surface area (Å²) in [6, 6.07) is 6.48. The second-order valence-corrected chi connectivity index (χ2v) is 5.94. The molecule has 116 valence electrons. The van der Waals surface area contributed by atoms with E-state index in [0.29, 0.717) is 17.9 Å². The van der Waals surface area contributed by atoms with Gasteiger partial charge in [0.15, 0.2) is 6.61 Å². The molecule has 1 unspecified atom stereocenters. The topological polar surface area (TPSA) is 75.6 Å². The number of thioether (sulfide) groups is 1. The van der Waals surface area contributed by atoms with Crippen LogP contribution in [0.25, 0.3) is 0 Å². The first kappa shape index (κ1) is 17.4. The summed E-state index contributed by atoms with van der Waals surface area (Å²) in [4.78, 5) is 22.8. The summed E-state index contributed by atoms with van der Waals surface area (Å²) < 4.78 is 5.34. The van der Waals surface area contributed by atoms with Crippen molar-refractivity contribution in [2.45, 2.75) is 26.3 Å². The lowest BCUT2D eigenvalue weighted by Crippen LogP contribution is -2.43. The number of carboxylic acids is 1. The smallest absolute Gasteiger partial charge is 0.326 e. The number of hydrogen-bond donors (Lipinski definition) is 2. The van der Waals surface area contributed by atoms with E-state index < -0.39 is 17.9 Å². The second-order valence-electron chi connectivity index (χ2n) is 4.55. The average Bonchev–Trinajstić information content (AvgIpc) is 2.44. The molecule has 1 aromatic carbocycles. The van der Waals surface area contributed by atoms with Crippen LogP contribution in [0.5, 0.6) is 5.75 Å². The number of benzene rings is 1. The highest BCUT2D eigenvalue weighted by Crippen LogP contribution is 2.12. The fraction of sp³-hybridized carbons (Fsp3) is 0.467. The van der Waals surface area contributed by atoms with Crippen LogP contribution in [0, 0.1) is 6.92 Å². The van der Waals surface area contributed by atoms with Gasteiger partial charge in [0.2, 0.25) is 0 Å². The van der Waals surface area contributed by atoms with Crippen LogP contribution in [0.4, 0.5) is 0 Å². The molecule has 21 heavy (non-hydrogen) atoms. The number of carbonyl (C=O) groups is 2. The summed E-state index contributed by atoms with van der Waals surface area (Å²) in [6.45, 7) is 3.75. The van der Waals surface area contributed by atoms with Gasteiger partial charge in [0.05, 0.1) is 0 Å². The first-order valence-electron chi connectivity index (χ1n) is 6.82. The Morgan fingerprint density at radius 2 is 2.19 bits per heavy atom. The summed E-state index contributed by atoms with van der Waals surface area (Å²) in [5.41, 5.74) is 1.04. The third kappa shape index (κ3) is 7.04. The Balaban J connectivity index is 2.41. The van der Waals surface area contributed by atoms with Crippen LogP contribution >= 0.6 is 11.8 Å². The SMILES string of the molecule is CCSCCC(NC(=O)COc1cccc(C)c1)C(=O)O. The van der Waals surface area contributed by atoms with Crippen LogP contribution in [0.15, 0.2) is 24.3 Å². The fourth-order valence-corrected chi connectivity index (χ4v) is 2.38. The van der Waals surface area contributed by atoms with Crippen molar-refractivity contribution in [1.29, 1.82) is 0 Å². The van der Waals surface area contributed by atoms with E-state index in [9.17, 15) is 9.59 Å². The quantitative estimate of drug-likeness (QED) is 0.683. The fourth-order valence-electron chi connectivity index (χ4n) is 1.69. The lowest BCUT2D eigenvalue weighted by atomic mass is 10.2. The third-order valence-electron chi connectivity index (χ3n) is 2.75. The average molecular weight is 311 g/mol. The maximum Gasteiger partial charge on any atom is 0.326 e. The van der Waals surface area contributed by atoms with E-state index in [2.05, 4.69) is 5.32 Å². The number of aryl methyl sites for hydroxylation is 1. The van der Waals surface area contributed by atoms with Gasteiger partial charge in [-0.1, -0.05) is 19.1 Å². The molecule has 0 saturated carbocycles. The zero-order chi connectivity index (χ0) is 15.7. The second kappa shape index (κ2) is 9.28. The van der Waals surface area contributed by atoms with Crippen LogP contribution in [0.1, 0.15) is 18.9 Å². The van der Waals surface area contributed by atoms with Crippen molar-refractivity contribution >= 4 is 23.6 Å². The van der Waals surface area contributed by atoms with Crippen molar-refractivity contribution in [1.82, 2.24) is 5.32 Å². The van der Waals surface area contributed by atoms with Crippen molar-refractivity contribution in [3.8, 4) is 5.75 Å². The van der Waals surface area contributed by atoms with E-state index in [4.69, 9.17) is 9.84 Å². The molecule has 0 aliphatic rings. The standard InChI is InChI=1S/C15H21NO4S/c1-3-21-8-7-13(15(18)19)16-14(17)10-20-12-6-4-5-11(2)9-12/h4-6,9,13H,3,7-8,10H2,1-2H3,(H,16,17)(H,18,19). The minimum Gasteiger partial charge on any atom is -0.484 e. The Hall–Kier alpha value is -1.69. The Kier molecular flexibility index (Phi) is 7.68. The van der Waals surface area contributed by atoms with Gasteiger partial charge in [-0.15, -0.1) is 0 Å². The van der Waals surface area contributed by atoms with Gasteiger partial charge in [0, 0.05) is 0 Å². The van der Waals surface area contributed by atoms with E-state index in [0.717, 1.165) is 11.3 Å². The van der Waals surface area contributed by atoms with Crippen molar-refractivity contribution in [2.75, 3.05) is 18.1 Å². The number of carboxylic acid groups (broad SMARTS) is 1. The molecule has 5 nitrogen and oxygen atoms in total. The molecule has 1 rings (SSSR count). The van der Waals surface area contributed by atoms with Crippen LogP contribution < -0.4 is 10.1 Å². The number of amides is 1. The Morgan fingerprint density at radius 1 is 1.43 bits per heavy atom. The molecule has 1 amide bonds. The first-order valence-corrected chi connectivity index (χ1v) is 7.97. The molecule has 2 N–H and O–H groups in total. The molecule has 0 aromatic heterocycles. The summed E-state index contributed by atoms with van der Waals surface area (Å²) in [7, 11) is 0. The van der Waals surface area contributed by atoms with Crippen molar-refractivity contribution in [3.05, 3.63) is 29.8 Å². The highest BCUT2D eigenvalue weighted by Gasteiger charge is 2.19. The number of rotatable bonds is 9. The molecule has 0 bridgehead atoms. The molecule has 1 aromatic rings. The number of carbonyl (C=O) groups excluding carboxylic acids is 1. The summed E-state index contributed by atoms with van der Waals surface area (Å²) in [6.07, 6.45) is 0.407. The first-order chi connectivity index (χ1) is 10.0. The van der Waals surface area contributed by atoms with Crippen molar-refractivity contribution in [3.63, 3.8) is 0 Å². The Morgan fingerprint density at radius 3 is 2.81 bits per heavy atom. The number of hydrogen-bond acceptors (Lipinski definition) is 4. The minimum atomic E-state index is -1.02. The van der Waals surface area contributed by atoms with E-state index in [1.807, 2.05) is 32.0 Å². The number of aliphatic carboxylic acids is 1. The molecule has 0 aliphatic heterocycles. The normalized spacial score (nSPS) is 11.7. The Labute approximate surface area is 129 Å². The molecule has 0 radical (unpaired) electrons. The molecule has 0 aliphatic carbocycles. The van der Waals surface area contributed by atoms with E-state index in [1.54, 1.807) is 17.8 Å². The van der Waals surface area contributed by atoms with E-state index >= 15 is 0 Å². The maximum atomic E-state index is 11.7. The number of ether oxygens (including phenoxy) is 1. The molecule has 0 heterocycles. The monoisotopic (exact) mass is 311 g/mol. The van der Waals surface area contributed by atoms with E-state index in [1.165, 1.54) is 0 Å². The third-order valence-corrected chi connectivity index (χ3v) is 3.68. The molecular weight excluding hydrogens is 290 g/mol. The van der Waals surface area contributed by atoms with Crippen LogP contribution in [0.3, 0.4) is 0 Å². The molecular formula is C15H21NO4S. The molecule has 0 spiro atoms. The molecule has 6 heteroatoms. The van der Waals surface area contributed by atoms with Gasteiger partial charge in [-0.25, -0.2) is 4.79 Å². The lowest BCUT2D eigenvalue weighted by Gasteiger charge is -2.14. The predicted octanol–water partition coefficient (Wildman–Crippen LogP) is 2.09. The minimum absolute atomic E-state index is 0.186. The predicted molar refractivity (Wildman–Crippen MR) is 83.9 cm³/mol. The maximum absolute atomic E-state index is 11.7. The van der Waals surface area contributed by atoms with Crippen molar-refractivity contribution in [2.24, 2.45) is 0 Å². The Bertz CT molecular complexity index is 478. The molecule has 0 saturated heterocycles. The van der Waals surface area contributed by atoms with Gasteiger partial charge >= 0.3 is 5.97 Å². The van der Waals surface area contributed by atoms with Gasteiger partial charge in [-0.05, 0) is 42.5 Å². The van der Waals surface area contributed by atoms with Crippen LogP contribution in [-0.2, 0) is 9.59 Å². The van der Waals surface area contributed by atoms with Gasteiger partial charge in [-0.3, -0.25) is 4.79 Å². The van der Waals surface area contributed by atoms with Gasteiger partial charge in [-0.2, -0.15) is 11.8 Å². The largest absolute Gasteiger partial charge is 0.484 e. The summed E-state index contributed by atoms with van der Waals surface area (Å²) in [5.74, 6) is 0.781. The zero-order valence-electron chi connectivity index (χ0n) is 12.3. The number of nitrogens with one attached hydrogen (secondary N) is 1. The highest BCUT2D eigenvalue weighted by molar-refractivity contribution is 7.99. The van der Waals surface area contributed by atoms with Gasteiger partial charge < -0.3 is 15.2 Å². The van der Waals surface area contributed by atoms with Gasteiger partial charge in [0.1, 0.15) is 11.8 Å². The summed E-state index contributed by atoms with van der Waals surface area (Å²) >= 11 is 1.65. The molecule has 1 atom stereocenters. The highest BCUT2D eigenvalue weighted by atomic mass is 32.2. The van der Waals surface area contributed by atoms with Gasteiger partial charge in [0.25, 0.3) is 5.91 Å². The van der Waals surface area contributed by atoms with Crippen molar-refractivity contribution < 1.29 is 19.4 Å². The summed E-state index contributed by atoms with van der Waals surface area (Å²) in [5, 5.41) is 11.6. The molecule has 0 fully saturated rings. The lowest BCUT2D eigenvalue weighted by molar-refractivity contribution is -0.142. The van der Waals surface area contributed by atoms with Crippen LogP contribution in [-0.4, -0.2) is 41.1 Å². The van der Waals surface area contributed by atoms with Crippen LogP contribution in [0.2, 0.25) is 0 Å². The zero-order valence-corrected chi connectivity index (χ0v) is 13.1.